The van der Waals surface area contributed by atoms with Gasteiger partial charge < -0.3 is 19.9 Å². The summed E-state index contributed by atoms with van der Waals surface area (Å²) in [6.07, 6.45) is 9.30. The number of nitrogens with zero attached hydrogens (tertiary/aromatic N) is 4. The number of allylic oxidation sites excluding steroid dienone is 5. The maximum absolute atomic E-state index is 13.6. The average Bonchev–Trinajstić information content (AvgIpc) is 3.29. The van der Waals surface area contributed by atoms with E-state index in [0.29, 0.717) is 37.2 Å². The van der Waals surface area contributed by atoms with E-state index in [1.807, 2.05) is 11.1 Å². The molecule has 6 rings (SSSR count). The second-order valence-corrected chi connectivity index (χ2v) is 10.9. The van der Waals surface area contributed by atoms with Crippen LogP contribution in [0.4, 0.5) is 14.6 Å². The Kier molecular flexibility index (Phi) is 7.29. The van der Waals surface area contributed by atoms with Gasteiger partial charge in [0.2, 0.25) is 11.8 Å². The summed E-state index contributed by atoms with van der Waals surface area (Å²) in [5.41, 5.74) is 2.83. The molecule has 3 fully saturated rings. The highest BCUT2D eigenvalue weighted by atomic mass is 19.2. The molecule has 0 spiro atoms. The molecule has 2 amide bonds. The van der Waals surface area contributed by atoms with Crippen LogP contribution in [-0.2, 0) is 20.9 Å². The summed E-state index contributed by atoms with van der Waals surface area (Å²) in [5.74, 6) is 0.140. The van der Waals surface area contributed by atoms with Gasteiger partial charge in [0.05, 0.1) is 12.5 Å². The summed E-state index contributed by atoms with van der Waals surface area (Å²) in [6, 6.07) is 2.08. The molecule has 0 saturated carbocycles. The number of carbonyl (C=O) groups excluding carboxylic acids is 2. The number of amidine groups is 1. The van der Waals surface area contributed by atoms with Crippen LogP contribution in [0.5, 0.6) is 0 Å². The first-order chi connectivity index (χ1) is 19.0. The number of pyridine rings is 1. The van der Waals surface area contributed by atoms with Crippen molar-refractivity contribution in [1.29, 1.82) is 0 Å². The molecular weight excluding hydrogens is 504 g/mol. The van der Waals surface area contributed by atoms with E-state index in [4.69, 9.17) is 9.73 Å². The highest BCUT2D eigenvalue weighted by Gasteiger charge is 2.39. The minimum absolute atomic E-state index is 0.0258. The largest absolute Gasteiger partial charge is 0.381 e. The van der Waals surface area contributed by atoms with E-state index in [-0.39, 0.29) is 31.2 Å². The maximum Gasteiger partial charge on any atom is 0.228 e. The Morgan fingerprint density at radius 3 is 2.67 bits per heavy atom. The fourth-order valence-corrected chi connectivity index (χ4v) is 6.29. The second-order valence-electron chi connectivity index (χ2n) is 10.9. The molecule has 3 saturated heterocycles. The Morgan fingerprint density at radius 2 is 1.87 bits per heavy atom. The van der Waals surface area contributed by atoms with Crippen molar-refractivity contribution < 1.29 is 23.1 Å². The zero-order valence-corrected chi connectivity index (χ0v) is 21.9. The summed E-state index contributed by atoms with van der Waals surface area (Å²) in [7, 11) is 0. The van der Waals surface area contributed by atoms with Crippen LogP contribution in [0.3, 0.4) is 0 Å². The summed E-state index contributed by atoms with van der Waals surface area (Å²) in [4.78, 5) is 38.8. The molecule has 1 N–H and O–H groups in total. The summed E-state index contributed by atoms with van der Waals surface area (Å²) < 4.78 is 32.7. The lowest BCUT2D eigenvalue weighted by molar-refractivity contribution is -0.136. The molecule has 1 aliphatic carbocycles. The number of hydrogen-bond acceptors (Lipinski definition) is 6. The van der Waals surface area contributed by atoms with E-state index in [1.165, 1.54) is 22.6 Å². The van der Waals surface area contributed by atoms with Gasteiger partial charge in [-0.25, -0.2) is 13.8 Å². The van der Waals surface area contributed by atoms with Crippen LogP contribution >= 0.6 is 0 Å². The van der Waals surface area contributed by atoms with Crippen molar-refractivity contribution in [3.63, 3.8) is 0 Å². The van der Waals surface area contributed by atoms with Crippen LogP contribution in [0, 0.1) is 11.8 Å². The number of piperidine rings is 1. The van der Waals surface area contributed by atoms with Crippen molar-refractivity contribution in [2.75, 3.05) is 38.2 Å². The molecule has 1 atom stereocenters. The van der Waals surface area contributed by atoms with Crippen molar-refractivity contribution in [2.45, 2.75) is 51.0 Å². The smallest absolute Gasteiger partial charge is 0.228 e. The Morgan fingerprint density at radius 1 is 1.08 bits per heavy atom. The Bertz CT molecular complexity index is 1280. The van der Waals surface area contributed by atoms with E-state index in [9.17, 15) is 18.4 Å². The summed E-state index contributed by atoms with van der Waals surface area (Å²) in [5, 5.41) is 3.48. The molecule has 0 radical (unpaired) electrons. The van der Waals surface area contributed by atoms with E-state index < -0.39 is 17.6 Å². The van der Waals surface area contributed by atoms with Gasteiger partial charge in [0.1, 0.15) is 17.5 Å². The number of aromatic nitrogens is 1. The molecule has 39 heavy (non-hydrogen) atoms. The van der Waals surface area contributed by atoms with Crippen LogP contribution in [0.1, 0.15) is 55.6 Å². The number of carbonyl (C=O) groups is 2. The zero-order valence-electron chi connectivity index (χ0n) is 21.9. The number of nitrogens with one attached hydrogen (secondary N) is 1. The van der Waals surface area contributed by atoms with Gasteiger partial charge in [-0.05, 0) is 55.4 Å². The van der Waals surface area contributed by atoms with Gasteiger partial charge in [0, 0.05) is 69.1 Å². The fraction of sp³-hybridized carbons (Fsp3) is 0.517. The number of anilines is 1. The molecule has 8 nitrogen and oxygen atoms in total. The zero-order chi connectivity index (χ0) is 26.9. The first-order valence-electron chi connectivity index (χ1n) is 13.9. The van der Waals surface area contributed by atoms with E-state index >= 15 is 0 Å². The quantitative estimate of drug-likeness (QED) is 0.616. The van der Waals surface area contributed by atoms with E-state index in [2.05, 4.69) is 16.4 Å². The number of amides is 2. The number of rotatable bonds is 4. The molecule has 10 heteroatoms. The Labute approximate surface area is 226 Å². The van der Waals surface area contributed by atoms with Crippen molar-refractivity contribution in [3.05, 3.63) is 59.0 Å². The molecule has 5 heterocycles. The molecule has 5 aliphatic rings. The van der Waals surface area contributed by atoms with E-state index in [1.54, 1.807) is 0 Å². The second kappa shape index (κ2) is 11.0. The van der Waals surface area contributed by atoms with Gasteiger partial charge >= 0.3 is 0 Å². The SMILES string of the molecule is O=C(C1CC(=O)N(C2=CCC(F)=C(F)C=C2)C1)N1CCC(c2ccnc3c2CN=C(C2CCOCC2)N3)CC1. The third-order valence-electron chi connectivity index (χ3n) is 8.54. The normalized spacial score (nSPS) is 24.8. The van der Waals surface area contributed by atoms with Crippen LogP contribution in [0.2, 0.25) is 0 Å². The number of hydrogen-bond donors (Lipinski definition) is 1. The van der Waals surface area contributed by atoms with Gasteiger partial charge in [-0.3, -0.25) is 14.6 Å². The third-order valence-corrected chi connectivity index (χ3v) is 8.54. The van der Waals surface area contributed by atoms with Crippen LogP contribution in [0.25, 0.3) is 0 Å². The topological polar surface area (TPSA) is 87.1 Å². The number of aliphatic imine (C=N–C) groups is 1. The van der Waals surface area contributed by atoms with Crippen molar-refractivity contribution in [3.8, 4) is 0 Å². The monoisotopic (exact) mass is 537 g/mol. The van der Waals surface area contributed by atoms with Gasteiger partial charge in [0.25, 0.3) is 0 Å². The molecule has 0 bridgehead atoms. The summed E-state index contributed by atoms with van der Waals surface area (Å²) >= 11 is 0. The Balaban J connectivity index is 1.06. The lowest BCUT2D eigenvalue weighted by Gasteiger charge is -2.35. The average molecular weight is 538 g/mol. The molecule has 4 aliphatic heterocycles. The van der Waals surface area contributed by atoms with Crippen LogP contribution < -0.4 is 5.32 Å². The lowest BCUT2D eigenvalue weighted by Crippen LogP contribution is -2.42. The third kappa shape index (κ3) is 5.26. The minimum Gasteiger partial charge on any atom is -0.381 e. The first-order valence-corrected chi connectivity index (χ1v) is 13.9. The predicted molar refractivity (Wildman–Crippen MR) is 142 cm³/mol. The van der Waals surface area contributed by atoms with Gasteiger partial charge in [0.15, 0.2) is 5.83 Å². The number of halogens is 2. The molecular formula is C29H33F2N5O3. The number of ether oxygens (including phenoxy) is 1. The van der Waals surface area contributed by atoms with Crippen molar-refractivity contribution >= 4 is 23.5 Å². The van der Waals surface area contributed by atoms with Crippen molar-refractivity contribution in [1.82, 2.24) is 14.8 Å². The molecule has 1 aromatic heterocycles. The standard InChI is InChI=1S/C29H33F2N5O3/c30-24-3-1-21(2-4-25(24)31)36-17-20(15-26(36)37)29(38)35-11-6-18(7-12-35)22-5-10-32-28-23(22)16-33-27(34-28)19-8-13-39-14-9-19/h1-3,5,10,18-20H,4,6-9,11-17H2,(H,32,33,34). The number of likely N-dealkylation sites (tertiary alicyclic amines) is 2. The van der Waals surface area contributed by atoms with E-state index in [0.717, 1.165) is 62.2 Å². The first kappa shape index (κ1) is 25.9. The molecule has 1 aromatic rings. The fourth-order valence-electron chi connectivity index (χ4n) is 6.29. The van der Waals surface area contributed by atoms with Gasteiger partial charge in [-0.15, -0.1) is 0 Å². The summed E-state index contributed by atoms with van der Waals surface area (Å²) in [6.45, 7) is 3.63. The van der Waals surface area contributed by atoms with Crippen molar-refractivity contribution in [2.24, 2.45) is 16.8 Å². The molecule has 0 aromatic carbocycles. The predicted octanol–water partition coefficient (Wildman–Crippen LogP) is 4.38. The maximum atomic E-state index is 13.6. The highest BCUT2D eigenvalue weighted by Crippen LogP contribution is 2.36. The Hall–Kier alpha value is -3.40. The van der Waals surface area contributed by atoms with Crippen LogP contribution in [0.15, 0.2) is 52.8 Å². The van der Waals surface area contributed by atoms with Crippen LogP contribution in [-0.4, -0.2) is 65.3 Å². The number of fused-ring (bicyclic) bond motifs is 1. The molecule has 1 unspecified atom stereocenters. The van der Waals surface area contributed by atoms with Gasteiger partial charge in [-0.2, -0.15) is 0 Å². The highest BCUT2D eigenvalue weighted by molar-refractivity contribution is 5.98. The molecule has 206 valence electrons. The minimum atomic E-state index is -0.929. The van der Waals surface area contributed by atoms with Gasteiger partial charge in [-0.1, -0.05) is 6.08 Å². The lowest BCUT2D eigenvalue weighted by atomic mass is 9.86.